The Hall–Kier alpha value is -1.92. The van der Waals surface area contributed by atoms with E-state index in [-0.39, 0.29) is 24.3 Å². The summed E-state index contributed by atoms with van der Waals surface area (Å²) in [6.07, 6.45) is 0. The Morgan fingerprint density at radius 2 is 2.09 bits per heavy atom. The quantitative estimate of drug-likeness (QED) is 0.880. The maximum Gasteiger partial charge on any atom is 0.253 e. The summed E-state index contributed by atoms with van der Waals surface area (Å²) >= 11 is 0. The Labute approximate surface area is 130 Å². The number of morpholine rings is 1. The highest BCUT2D eigenvalue weighted by molar-refractivity contribution is 5.96. The molecule has 0 saturated carbocycles. The first-order valence-corrected chi connectivity index (χ1v) is 7.49. The summed E-state index contributed by atoms with van der Waals surface area (Å²) in [6, 6.07) is 7.45. The first-order valence-electron chi connectivity index (χ1n) is 7.49. The lowest BCUT2D eigenvalue weighted by atomic mass is 10.1. The van der Waals surface area contributed by atoms with Gasteiger partial charge in [-0.25, -0.2) is 0 Å². The van der Waals surface area contributed by atoms with Crippen molar-refractivity contribution < 1.29 is 14.3 Å². The van der Waals surface area contributed by atoms with E-state index in [9.17, 15) is 9.59 Å². The van der Waals surface area contributed by atoms with Crippen LogP contribution >= 0.6 is 0 Å². The number of carbonyl (C=O) groups is 2. The smallest absolute Gasteiger partial charge is 0.253 e. The molecule has 6 heteroatoms. The molecule has 1 fully saturated rings. The van der Waals surface area contributed by atoms with Crippen molar-refractivity contribution >= 4 is 23.2 Å². The zero-order chi connectivity index (χ0) is 16.1. The third-order valence-corrected chi connectivity index (χ3v) is 3.74. The molecule has 2 rings (SSSR count). The van der Waals surface area contributed by atoms with Crippen LogP contribution in [0.3, 0.4) is 0 Å². The minimum Gasteiger partial charge on any atom is -0.370 e. The summed E-state index contributed by atoms with van der Waals surface area (Å²) in [5, 5.41) is 0. The Morgan fingerprint density at radius 3 is 2.64 bits per heavy atom. The van der Waals surface area contributed by atoms with E-state index in [1.165, 1.54) is 0 Å². The Morgan fingerprint density at radius 1 is 1.41 bits per heavy atom. The number of hydrogen-bond donors (Lipinski definition) is 1. The van der Waals surface area contributed by atoms with Crippen LogP contribution in [0.25, 0.3) is 0 Å². The third-order valence-electron chi connectivity index (χ3n) is 3.74. The molecule has 1 atom stereocenters. The number of nitrogens with two attached hydrogens (primary N) is 1. The van der Waals surface area contributed by atoms with Crippen LogP contribution in [0.15, 0.2) is 24.3 Å². The highest BCUT2D eigenvalue weighted by Crippen LogP contribution is 2.23. The summed E-state index contributed by atoms with van der Waals surface area (Å²) in [5.41, 5.74) is 7.28. The van der Waals surface area contributed by atoms with E-state index < -0.39 is 0 Å². The van der Waals surface area contributed by atoms with Gasteiger partial charge in [-0.2, -0.15) is 0 Å². The lowest BCUT2D eigenvalue weighted by Gasteiger charge is -2.28. The highest BCUT2D eigenvalue weighted by atomic mass is 16.5. The molecule has 1 aliphatic heterocycles. The fraction of sp³-hybridized carbons (Fsp3) is 0.500. The van der Waals surface area contributed by atoms with Gasteiger partial charge in [0.2, 0.25) is 5.91 Å². The second-order valence-corrected chi connectivity index (χ2v) is 5.58. The van der Waals surface area contributed by atoms with E-state index in [1.54, 1.807) is 16.7 Å². The number of nitrogens with zero attached hydrogens (tertiary/aromatic N) is 2. The number of hydrogen-bond acceptors (Lipinski definition) is 4. The van der Waals surface area contributed by atoms with E-state index in [2.05, 4.69) is 0 Å². The number of anilines is 2. The SMILES string of the molecule is CC(=O)N(CC(C)CN)c1ccc(N2CCOCC2=O)cc1. The number of carbonyl (C=O) groups excluding carboxylic acids is 2. The van der Waals surface area contributed by atoms with Crippen LogP contribution in [-0.2, 0) is 14.3 Å². The van der Waals surface area contributed by atoms with Crippen molar-refractivity contribution in [2.24, 2.45) is 11.7 Å². The molecule has 6 nitrogen and oxygen atoms in total. The van der Waals surface area contributed by atoms with Gasteiger partial charge in [0.15, 0.2) is 0 Å². The number of benzene rings is 1. The van der Waals surface area contributed by atoms with Crippen LogP contribution in [0, 0.1) is 5.92 Å². The lowest BCUT2D eigenvalue weighted by Crippen LogP contribution is -2.41. The second kappa shape index (κ2) is 7.38. The van der Waals surface area contributed by atoms with Crippen LogP contribution in [-0.4, -0.2) is 44.7 Å². The Bertz CT molecular complexity index is 530. The minimum atomic E-state index is -0.0424. The van der Waals surface area contributed by atoms with Gasteiger partial charge in [0.1, 0.15) is 6.61 Å². The third kappa shape index (κ3) is 3.84. The number of rotatable bonds is 5. The van der Waals surface area contributed by atoms with Crippen LogP contribution in [0.4, 0.5) is 11.4 Å². The largest absolute Gasteiger partial charge is 0.370 e. The van der Waals surface area contributed by atoms with E-state index in [0.717, 1.165) is 11.4 Å². The molecule has 2 N–H and O–H groups in total. The molecule has 1 saturated heterocycles. The van der Waals surface area contributed by atoms with E-state index in [1.807, 2.05) is 31.2 Å². The van der Waals surface area contributed by atoms with E-state index in [0.29, 0.717) is 26.2 Å². The van der Waals surface area contributed by atoms with E-state index in [4.69, 9.17) is 10.5 Å². The van der Waals surface area contributed by atoms with Crippen molar-refractivity contribution in [2.45, 2.75) is 13.8 Å². The van der Waals surface area contributed by atoms with Crippen molar-refractivity contribution in [2.75, 3.05) is 42.6 Å². The van der Waals surface area contributed by atoms with Gasteiger partial charge in [0.05, 0.1) is 6.61 Å². The molecule has 0 radical (unpaired) electrons. The Kier molecular flexibility index (Phi) is 5.51. The molecule has 1 aliphatic rings. The van der Waals surface area contributed by atoms with Gasteiger partial charge in [-0.3, -0.25) is 9.59 Å². The molecular weight excluding hydrogens is 282 g/mol. The molecule has 2 amide bonds. The predicted octanol–water partition coefficient (Wildman–Crippen LogP) is 0.997. The molecule has 0 aliphatic carbocycles. The average molecular weight is 305 g/mol. The van der Waals surface area contributed by atoms with Crippen molar-refractivity contribution in [1.29, 1.82) is 0 Å². The monoisotopic (exact) mass is 305 g/mol. The normalized spacial score (nSPS) is 16.5. The fourth-order valence-electron chi connectivity index (χ4n) is 2.41. The van der Waals surface area contributed by atoms with Gasteiger partial charge >= 0.3 is 0 Å². The molecule has 22 heavy (non-hydrogen) atoms. The maximum atomic E-state index is 11.8. The first kappa shape index (κ1) is 16.5. The molecule has 120 valence electrons. The second-order valence-electron chi connectivity index (χ2n) is 5.58. The zero-order valence-electron chi connectivity index (χ0n) is 13.1. The van der Waals surface area contributed by atoms with Crippen molar-refractivity contribution in [3.63, 3.8) is 0 Å². The molecule has 0 bridgehead atoms. The topological polar surface area (TPSA) is 75.9 Å². The molecule has 0 aromatic heterocycles. The first-order chi connectivity index (χ1) is 10.5. The number of amides is 2. The highest BCUT2D eigenvalue weighted by Gasteiger charge is 2.21. The van der Waals surface area contributed by atoms with Crippen LogP contribution in [0.2, 0.25) is 0 Å². The maximum absolute atomic E-state index is 11.8. The molecule has 1 heterocycles. The molecule has 1 aromatic rings. The lowest BCUT2D eigenvalue weighted by molar-refractivity contribution is -0.125. The van der Waals surface area contributed by atoms with Crippen LogP contribution in [0.1, 0.15) is 13.8 Å². The summed E-state index contributed by atoms with van der Waals surface area (Å²) < 4.78 is 5.13. The number of ether oxygens (including phenoxy) is 1. The van der Waals surface area contributed by atoms with Crippen molar-refractivity contribution in [1.82, 2.24) is 0 Å². The van der Waals surface area contributed by atoms with Gasteiger partial charge in [0, 0.05) is 31.4 Å². The predicted molar refractivity (Wildman–Crippen MR) is 85.9 cm³/mol. The average Bonchev–Trinajstić information content (AvgIpc) is 2.53. The summed E-state index contributed by atoms with van der Waals surface area (Å²) in [7, 11) is 0. The summed E-state index contributed by atoms with van der Waals surface area (Å²) in [5.74, 6) is 0.166. The van der Waals surface area contributed by atoms with Crippen molar-refractivity contribution in [3.8, 4) is 0 Å². The van der Waals surface area contributed by atoms with Gasteiger partial charge in [0.25, 0.3) is 5.91 Å². The summed E-state index contributed by atoms with van der Waals surface area (Å²) in [4.78, 5) is 27.1. The molecule has 0 spiro atoms. The van der Waals surface area contributed by atoms with Crippen LogP contribution in [0.5, 0.6) is 0 Å². The molecule has 1 aromatic carbocycles. The molecule has 1 unspecified atom stereocenters. The fourth-order valence-corrected chi connectivity index (χ4v) is 2.41. The standard InChI is InChI=1S/C16H23N3O3/c1-12(9-17)10-19(13(2)20)15-5-3-14(4-6-15)18-7-8-22-11-16(18)21/h3-6,12H,7-11,17H2,1-2H3. The minimum absolute atomic E-state index is 0.0181. The van der Waals surface area contributed by atoms with Gasteiger partial charge in [-0.1, -0.05) is 6.92 Å². The summed E-state index contributed by atoms with van der Waals surface area (Å²) in [6.45, 7) is 5.89. The van der Waals surface area contributed by atoms with Crippen LogP contribution < -0.4 is 15.5 Å². The molecular formula is C16H23N3O3. The van der Waals surface area contributed by atoms with Gasteiger partial charge in [-0.15, -0.1) is 0 Å². The zero-order valence-corrected chi connectivity index (χ0v) is 13.1. The van der Waals surface area contributed by atoms with E-state index >= 15 is 0 Å². The van der Waals surface area contributed by atoms with Crippen molar-refractivity contribution in [3.05, 3.63) is 24.3 Å². The van der Waals surface area contributed by atoms with Gasteiger partial charge < -0.3 is 20.3 Å². The van der Waals surface area contributed by atoms with Gasteiger partial charge in [-0.05, 0) is 36.7 Å². The Balaban J connectivity index is 2.15.